The molecule has 100 valence electrons. The predicted octanol–water partition coefficient (Wildman–Crippen LogP) is 2.46. The lowest BCUT2D eigenvalue weighted by Gasteiger charge is -2.20. The van der Waals surface area contributed by atoms with E-state index in [4.69, 9.17) is 16.3 Å². The molecule has 1 saturated heterocycles. The molecule has 5 heteroatoms. The highest BCUT2D eigenvalue weighted by atomic mass is 35.5. The summed E-state index contributed by atoms with van der Waals surface area (Å²) in [6.45, 7) is 3.29. The van der Waals surface area contributed by atoms with Gasteiger partial charge in [0.1, 0.15) is 6.07 Å². The summed E-state index contributed by atoms with van der Waals surface area (Å²) in [5.41, 5.74) is 1.25. The van der Waals surface area contributed by atoms with Crippen molar-refractivity contribution < 1.29 is 9.53 Å². The molecule has 2 atom stereocenters. The van der Waals surface area contributed by atoms with Crippen molar-refractivity contribution in [2.75, 3.05) is 25.1 Å². The molecule has 0 aromatic heterocycles. The normalized spacial score (nSPS) is 22.1. The van der Waals surface area contributed by atoms with Crippen molar-refractivity contribution in [2.45, 2.75) is 6.92 Å². The smallest absolute Gasteiger partial charge is 0.310 e. The van der Waals surface area contributed by atoms with Crippen molar-refractivity contribution >= 4 is 23.3 Å². The maximum atomic E-state index is 11.7. The Hall–Kier alpha value is -1.73. The van der Waals surface area contributed by atoms with Gasteiger partial charge in [-0.05, 0) is 18.1 Å². The lowest BCUT2D eigenvalue weighted by atomic mass is 9.99. The van der Waals surface area contributed by atoms with E-state index in [9.17, 15) is 10.1 Å². The third kappa shape index (κ3) is 2.52. The van der Waals surface area contributed by atoms with E-state index in [0.29, 0.717) is 17.1 Å². The minimum Gasteiger partial charge on any atom is -0.469 e. The van der Waals surface area contributed by atoms with Crippen LogP contribution in [-0.4, -0.2) is 26.2 Å². The monoisotopic (exact) mass is 278 g/mol. The molecule has 4 nitrogen and oxygen atoms in total. The van der Waals surface area contributed by atoms with Gasteiger partial charge >= 0.3 is 5.97 Å². The van der Waals surface area contributed by atoms with Crippen LogP contribution in [0.25, 0.3) is 0 Å². The molecule has 0 N–H and O–H groups in total. The molecular weight excluding hydrogens is 264 g/mol. The van der Waals surface area contributed by atoms with Crippen LogP contribution >= 0.6 is 11.6 Å². The van der Waals surface area contributed by atoms with Gasteiger partial charge in [-0.2, -0.15) is 5.26 Å². The molecule has 2 unspecified atom stereocenters. The SMILES string of the molecule is COC(=O)C1CN(c2cccc(Cl)c2C#N)CC1C. The average molecular weight is 279 g/mol. The standard InChI is InChI=1S/C14H15ClN2O2/c1-9-7-17(8-11(9)14(18)19-2)13-5-3-4-12(15)10(13)6-16/h3-5,9,11H,7-8H2,1-2H3. The predicted molar refractivity (Wildman–Crippen MR) is 73.1 cm³/mol. The van der Waals surface area contributed by atoms with Gasteiger partial charge in [-0.25, -0.2) is 0 Å². The van der Waals surface area contributed by atoms with Crippen molar-refractivity contribution in [2.24, 2.45) is 11.8 Å². The van der Waals surface area contributed by atoms with Gasteiger partial charge in [0.05, 0.1) is 29.3 Å². The lowest BCUT2D eigenvalue weighted by Crippen LogP contribution is -2.24. The molecule has 19 heavy (non-hydrogen) atoms. The molecule has 2 rings (SSSR count). The van der Waals surface area contributed by atoms with Gasteiger partial charge in [0, 0.05) is 13.1 Å². The number of rotatable bonds is 2. The van der Waals surface area contributed by atoms with Gasteiger partial charge in [-0.15, -0.1) is 0 Å². The lowest BCUT2D eigenvalue weighted by molar-refractivity contribution is -0.145. The number of hydrogen-bond acceptors (Lipinski definition) is 4. The number of halogens is 1. The fraction of sp³-hybridized carbons (Fsp3) is 0.429. The Bertz CT molecular complexity index is 539. The second-order valence-corrected chi connectivity index (χ2v) is 5.16. The highest BCUT2D eigenvalue weighted by molar-refractivity contribution is 6.32. The molecule has 0 radical (unpaired) electrons. The van der Waals surface area contributed by atoms with Gasteiger partial charge in [-0.3, -0.25) is 4.79 Å². The van der Waals surface area contributed by atoms with Crippen LogP contribution in [0.5, 0.6) is 0 Å². The number of anilines is 1. The van der Waals surface area contributed by atoms with Crippen molar-refractivity contribution in [3.8, 4) is 6.07 Å². The van der Waals surface area contributed by atoms with E-state index in [1.54, 1.807) is 6.07 Å². The molecule has 0 saturated carbocycles. The fourth-order valence-corrected chi connectivity index (χ4v) is 2.72. The first-order valence-corrected chi connectivity index (χ1v) is 6.47. The number of carbonyl (C=O) groups is 1. The van der Waals surface area contributed by atoms with E-state index >= 15 is 0 Å². The maximum Gasteiger partial charge on any atom is 0.310 e. The second-order valence-electron chi connectivity index (χ2n) is 4.76. The summed E-state index contributed by atoms with van der Waals surface area (Å²) in [6, 6.07) is 7.49. The van der Waals surface area contributed by atoms with Crippen LogP contribution in [0, 0.1) is 23.2 Å². The molecule has 0 bridgehead atoms. The summed E-state index contributed by atoms with van der Waals surface area (Å²) in [4.78, 5) is 13.7. The largest absolute Gasteiger partial charge is 0.469 e. The number of carbonyl (C=O) groups excluding carboxylic acids is 1. The van der Waals surface area contributed by atoms with Crippen LogP contribution in [0.4, 0.5) is 5.69 Å². The van der Waals surface area contributed by atoms with Gasteiger partial charge in [0.2, 0.25) is 0 Å². The zero-order valence-electron chi connectivity index (χ0n) is 10.9. The molecule has 1 aromatic carbocycles. The minimum atomic E-state index is -0.199. The zero-order chi connectivity index (χ0) is 14.0. The first-order valence-electron chi connectivity index (χ1n) is 6.10. The number of esters is 1. The van der Waals surface area contributed by atoms with Crippen LogP contribution in [0.3, 0.4) is 0 Å². The summed E-state index contributed by atoms with van der Waals surface area (Å²) in [5.74, 6) is -0.163. The maximum absolute atomic E-state index is 11.7. The van der Waals surface area contributed by atoms with Crippen molar-refractivity contribution in [3.63, 3.8) is 0 Å². The second kappa shape index (κ2) is 5.50. The van der Waals surface area contributed by atoms with E-state index in [0.717, 1.165) is 12.2 Å². The summed E-state index contributed by atoms with van der Waals surface area (Å²) < 4.78 is 4.81. The minimum absolute atomic E-state index is 0.157. The summed E-state index contributed by atoms with van der Waals surface area (Å²) in [6.07, 6.45) is 0. The fourth-order valence-electron chi connectivity index (χ4n) is 2.51. The Balaban J connectivity index is 2.29. The third-order valence-corrected chi connectivity index (χ3v) is 3.88. The molecule has 0 aliphatic carbocycles. The quantitative estimate of drug-likeness (QED) is 0.780. The molecule has 1 heterocycles. The Labute approximate surface area is 117 Å². The van der Waals surface area contributed by atoms with E-state index in [1.807, 2.05) is 24.0 Å². The molecule has 0 spiro atoms. The van der Waals surface area contributed by atoms with Gasteiger partial charge < -0.3 is 9.64 Å². The average Bonchev–Trinajstić information content (AvgIpc) is 2.79. The van der Waals surface area contributed by atoms with Gasteiger partial charge in [0.15, 0.2) is 0 Å². The summed E-state index contributed by atoms with van der Waals surface area (Å²) >= 11 is 6.03. The van der Waals surface area contributed by atoms with E-state index < -0.39 is 0 Å². The molecule has 1 fully saturated rings. The van der Waals surface area contributed by atoms with Gasteiger partial charge in [-0.1, -0.05) is 24.6 Å². The highest BCUT2D eigenvalue weighted by Crippen LogP contribution is 2.33. The van der Waals surface area contributed by atoms with Crippen molar-refractivity contribution in [1.29, 1.82) is 5.26 Å². The van der Waals surface area contributed by atoms with Crippen molar-refractivity contribution in [1.82, 2.24) is 0 Å². The summed E-state index contributed by atoms with van der Waals surface area (Å²) in [5, 5.41) is 9.63. The van der Waals surface area contributed by atoms with Crippen LogP contribution in [0.15, 0.2) is 18.2 Å². The summed E-state index contributed by atoms with van der Waals surface area (Å²) in [7, 11) is 1.40. The van der Waals surface area contributed by atoms with Crippen LogP contribution in [-0.2, 0) is 9.53 Å². The van der Waals surface area contributed by atoms with Crippen LogP contribution in [0.2, 0.25) is 5.02 Å². The van der Waals surface area contributed by atoms with Crippen LogP contribution in [0.1, 0.15) is 12.5 Å². The Morgan fingerprint density at radius 1 is 1.53 bits per heavy atom. The highest BCUT2D eigenvalue weighted by Gasteiger charge is 2.36. The number of hydrogen-bond donors (Lipinski definition) is 0. The molecule has 1 aliphatic heterocycles. The van der Waals surface area contributed by atoms with E-state index in [1.165, 1.54) is 7.11 Å². The number of benzene rings is 1. The first-order chi connectivity index (χ1) is 9.08. The number of nitriles is 1. The molecular formula is C14H15ClN2O2. The first kappa shape index (κ1) is 13.7. The Morgan fingerprint density at radius 2 is 2.26 bits per heavy atom. The molecule has 1 aromatic rings. The third-order valence-electron chi connectivity index (χ3n) is 3.56. The Kier molecular flexibility index (Phi) is 3.96. The molecule has 0 amide bonds. The van der Waals surface area contributed by atoms with Crippen LogP contribution < -0.4 is 4.90 Å². The van der Waals surface area contributed by atoms with Gasteiger partial charge in [0.25, 0.3) is 0 Å². The van der Waals surface area contributed by atoms with Crippen molar-refractivity contribution in [3.05, 3.63) is 28.8 Å². The van der Waals surface area contributed by atoms with E-state index in [-0.39, 0.29) is 17.8 Å². The zero-order valence-corrected chi connectivity index (χ0v) is 11.6. The molecule has 1 aliphatic rings. The Morgan fingerprint density at radius 3 is 2.89 bits per heavy atom. The topological polar surface area (TPSA) is 53.3 Å². The number of methoxy groups -OCH3 is 1. The van der Waals surface area contributed by atoms with E-state index in [2.05, 4.69) is 6.07 Å². The number of nitrogens with zero attached hydrogens (tertiary/aromatic N) is 2. The number of ether oxygens (including phenoxy) is 1.